The monoisotopic (exact) mass is 168 g/mol. The van der Waals surface area contributed by atoms with E-state index in [9.17, 15) is 0 Å². The zero-order valence-corrected chi connectivity index (χ0v) is 8.21. The second-order valence-corrected chi connectivity index (χ2v) is 3.99. The first-order valence-electron chi connectivity index (χ1n) is 5.08. The molecule has 1 rings (SSSR count). The average Bonchev–Trinajstić information content (AvgIpc) is 2.05. The summed E-state index contributed by atoms with van der Waals surface area (Å²) in [5, 5.41) is 4.22. The van der Waals surface area contributed by atoms with Crippen molar-refractivity contribution >= 4 is 6.21 Å². The van der Waals surface area contributed by atoms with Crippen LogP contribution in [0.15, 0.2) is 5.10 Å². The molecule has 0 heterocycles. The van der Waals surface area contributed by atoms with Crippen LogP contribution in [0.3, 0.4) is 0 Å². The quantitative estimate of drug-likeness (QED) is 0.508. The van der Waals surface area contributed by atoms with E-state index in [4.69, 9.17) is 0 Å². The third-order valence-corrected chi connectivity index (χ3v) is 2.23. The molecule has 0 aromatic carbocycles. The van der Waals surface area contributed by atoms with Crippen LogP contribution in [0.5, 0.6) is 0 Å². The van der Waals surface area contributed by atoms with Crippen LogP contribution in [0.25, 0.3) is 0 Å². The van der Waals surface area contributed by atoms with Gasteiger partial charge < -0.3 is 5.43 Å². The molecule has 70 valence electrons. The maximum Gasteiger partial charge on any atom is 0.0440 e. The van der Waals surface area contributed by atoms with E-state index in [1.807, 2.05) is 6.21 Å². The molecule has 1 saturated carbocycles. The summed E-state index contributed by atoms with van der Waals surface area (Å²) in [6.07, 6.45) is 8.73. The van der Waals surface area contributed by atoms with Crippen molar-refractivity contribution in [3.63, 3.8) is 0 Å². The lowest BCUT2D eigenvalue weighted by Crippen LogP contribution is -2.26. The minimum absolute atomic E-state index is 0.557. The first-order chi connectivity index (χ1) is 5.79. The van der Waals surface area contributed by atoms with Crippen LogP contribution in [0.2, 0.25) is 0 Å². The molecule has 2 heteroatoms. The molecule has 1 N–H and O–H groups in total. The van der Waals surface area contributed by atoms with Crippen LogP contribution in [-0.2, 0) is 0 Å². The lowest BCUT2D eigenvalue weighted by Gasteiger charge is -2.20. The Morgan fingerprint density at radius 3 is 2.50 bits per heavy atom. The van der Waals surface area contributed by atoms with E-state index in [0.29, 0.717) is 12.0 Å². The SMILES string of the molecule is CC(C)C=NNC1CCCCC1. The van der Waals surface area contributed by atoms with Gasteiger partial charge in [0.15, 0.2) is 0 Å². The Kier molecular flexibility index (Phi) is 4.12. The Morgan fingerprint density at radius 2 is 1.92 bits per heavy atom. The van der Waals surface area contributed by atoms with Gasteiger partial charge in [0.25, 0.3) is 0 Å². The first kappa shape index (κ1) is 9.56. The van der Waals surface area contributed by atoms with Crippen LogP contribution in [0, 0.1) is 5.92 Å². The smallest absolute Gasteiger partial charge is 0.0440 e. The van der Waals surface area contributed by atoms with Crippen LogP contribution >= 0.6 is 0 Å². The third-order valence-electron chi connectivity index (χ3n) is 2.23. The van der Waals surface area contributed by atoms with Crippen molar-refractivity contribution in [2.75, 3.05) is 0 Å². The van der Waals surface area contributed by atoms with Gasteiger partial charge in [-0.25, -0.2) is 0 Å². The van der Waals surface area contributed by atoms with Crippen molar-refractivity contribution in [3.8, 4) is 0 Å². The molecule has 1 fully saturated rings. The number of hydrazone groups is 1. The largest absolute Gasteiger partial charge is 0.307 e. The minimum atomic E-state index is 0.557. The highest BCUT2D eigenvalue weighted by Gasteiger charge is 2.11. The van der Waals surface area contributed by atoms with E-state index in [1.165, 1.54) is 32.1 Å². The van der Waals surface area contributed by atoms with Gasteiger partial charge in [0.05, 0.1) is 0 Å². The fraction of sp³-hybridized carbons (Fsp3) is 0.900. The molecule has 1 aliphatic rings. The standard InChI is InChI=1S/C10H20N2/c1-9(2)8-11-12-10-6-4-3-5-7-10/h8-10,12H,3-7H2,1-2H3. The Morgan fingerprint density at radius 1 is 1.25 bits per heavy atom. The van der Waals surface area contributed by atoms with E-state index in [-0.39, 0.29) is 0 Å². The Balaban J connectivity index is 2.12. The summed E-state index contributed by atoms with van der Waals surface area (Å²) in [5.74, 6) is 0.557. The number of hydrogen-bond donors (Lipinski definition) is 1. The van der Waals surface area contributed by atoms with Crippen molar-refractivity contribution in [3.05, 3.63) is 0 Å². The molecule has 0 radical (unpaired) electrons. The molecule has 0 aromatic rings. The van der Waals surface area contributed by atoms with Crippen molar-refractivity contribution in [1.29, 1.82) is 0 Å². The molecule has 1 aliphatic carbocycles. The maximum absolute atomic E-state index is 4.22. The van der Waals surface area contributed by atoms with Crippen molar-refractivity contribution in [2.24, 2.45) is 11.0 Å². The zero-order chi connectivity index (χ0) is 8.81. The molecule has 0 saturated heterocycles. The lowest BCUT2D eigenvalue weighted by atomic mass is 9.96. The highest BCUT2D eigenvalue weighted by atomic mass is 15.3. The van der Waals surface area contributed by atoms with Gasteiger partial charge >= 0.3 is 0 Å². The summed E-state index contributed by atoms with van der Waals surface area (Å²) < 4.78 is 0. The molecule has 0 aromatic heterocycles. The summed E-state index contributed by atoms with van der Waals surface area (Å²) in [5.41, 5.74) is 3.22. The van der Waals surface area contributed by atoms with Crippen LogP contribution < -0.4 is 5.43 Å². The van der Waals surface area contributed by atoms with E-state index in [1.54, 1.807) is 0 Å². The topological polar surface area (TPSA) is 24.4 Å². The summed E-state index contributed by atoms with van der Waals surface area (Å²) in [6, 6.07) is 0.647. The maximum atomic E-state index is 4.22. The third kappa shape index (κ3) is 3.74. The molecule has 0 unspecified atom stereocenters. The number of rotatable bonds is 3. The lowest BCUT2D eigenvalue weighted by molar-refractivity contribution is 0.380. The highest BCUT2D eigenvalue weighted by Crippen LogP contribution is 2.16. The van der Waals surface area contributed by atoms with Crippen molar-refractivity contribution in [1.82, 2.24) is 5.43 Å². The van der Waals surface area contributed by atoms with E-state index < -0.39 is 0 Å². The van der Waals surface area contributed by atoms with Gasteiger partial charge in [-0.15, -0.1) is 0 Å². The number of hydrogen-bond acceptors (Lipinski definition) is 2. The van der Waals surface area contributed by atoms with Crippen LogP contribution in [0.1, 0.15) is 46.0 Å². The van der Waals surface area contributed by atoms with E-state index in [2.05, 4.69) is 24.4 Å². The molecule has 12 heavy (non-hydrogen) atoms. The van der Waals surface area contributed by atoms with Crippen molar-refractivity contribution in [2.45, 2.75) is 52.0 Å². The zero-order valence-electron chi connectivity index (χ0n) is 8.21. The molecule has 2 nitrogen and oxygen atoms in total. The van der Waals surface area contributed by atoms with Gasteiger partial charge in [-0.2, -0.15) is 5.10 Å². The van der Waals surface area contributed by atoms with Crippen LogP contribution in [-0.4, -0.2) is 12.3 Å². The van der Waals surface area contributed by atoms with Gasteiger partial charge in [-0.05, 0) is 18.8 Å². The molecular formula is C10H20N2. The van der Waals surface area contributed by atoms with Gasteiger partial charge in [-0.1, -0.05) is 33.1 Å². The molecular weight excluding hydrogens is 148 g/mol. The Labute approximate surface area is 75.4 Å². The second kappa shape index (κ2) is 5.18. The fourth-order valence-corrected chi connectivity index (χ4v) is 1.53. The van der Waals surface area contributed by atoms with Gasteiger partial charge in [0, 0.05) is 12.3 Å². The number of nitrogens with one attached hydrogen (secondary N) is 1. The summed E-state index contributed by atoms with van der Waals surface area (Å²) in [4.78, 5) is 0. The van der Waals surface area contributed by atoms with E-state index in [0.717, 1.165) is 0 Å². The summed E-state index contributed by atoms with van der Waals surface area (Å²) >= 11 is 0. The summed E-state index contributed by atoms with van der Waals surface area (Å²) in [6.45, 7) is 4.29. The Hall–Kier alpha value is -0.530. The predicted octanol–water partition coefficient (Wildman–Crippen LogP) is 2.55. The predicted molar refractivity (Wildman–Crippen MR) is 53.3 cm³/mol. The Bertz CT molecular complexity index is 135. The van der Waals surface area contributed by atoms with Crippen molar-refractivity contribution < 1.29 is 0 Å². The number of nitrogens with zero attached hydrogens (tertiary/aromatic N) is 1. The molecule has 0 bridgehead atoms. The molecule has 0 atom stereocenters. The minimum Gasteiger partial charge on any atom is -0.307 e. The highest BCUT2D eigenvalue weighted by molar-refractivity contribution is 5.59. The second-order valence-electron chi connectivity index (χ2n) is 3.99. The van der Waals surface area contributed by atoms with Gasteiger partial charge in [-0.3, -0.25) is 0 Å². The molecule has 0 aliphatic heterocycles. The average molecular weight is 168 g/mol. The first-order valence-corrected chi connectivity index (χ1v) is 5.08. The van der Waals surface area contributed by atoms with Gasteiger partial charge in [0.1, 0.15) is 0 Å². The fourth-order valence-electron chi connectivity index (χ4n) is 1.53. The molecule has 0 spiro atoms. The van der Waals surface area contributed by atoms with Crippen LogP contribution in [0.4, 0.5) is 0 Å². The molecule has 0 amide bonds. The normalized spacial score (nSPS) is 20.6. The summed E-state index contributed by atoms with van der Waals surface area (Å²) in [7, 11) is 0. The van der Waals surface area contributed by atoms with Gasteiger partial charge in [0.2, 0.25) is 0 Å². The van der Waals surface area contributed by atoms with E-state index >= 15 is 0 Å².